The molecule has 7 nitrogen and oxygen atoms in total. The molecule has 2 amide bonds. The summed E-state index contributed by atoms with van der Waals surface area (Å²) in [6, 6.07) is 19.0. The molecule has 4 aromatic rings. The van der Waals surface area contributed by atoms with E-state index < -0.39 is 11.8 Å². The number of carbonyl (C=O) groups is 2. The number of rotatable bonds is 3. The van der Waals surface area contributed by atoms with Gasteiger partial charge in [0, 0.05) is 16.6 Å². The van der Waals surface area contributed by atoms with Crippen molar-refractivity contribution in [1.82, 2.24) is 25.6 Å². The summed E-state index contributed by atoms with van der Waals surface area (Å²) in [7, 11) is 0. The Balaban J connectivity index is 1.35. The van der Waals surface area contributed by atoms with Gasteiger partial charge >= 0.3 is 0 Å². The summed E-state index contributed by atoms with van der Waals surface area (Å²) in [5.41, 5.74) is 10.3. The molecule has 0 bridgehead atoms. The van der Waals surface area contributed by atoms with Crippen molar-refractivity contribution in [2.75, 3.05) is 0 Å². The minimum atomic E-state index is -0.478. The first kappa shape index (κ1) is 19.0. The molecule has 0 spiro atoms. The van der Waals surface area contributed by atoms with Crippen molar-refractivity contribution in [1.29, 1.82) is 0 Å². The van der Waals surface area contributed by atoms with E-state index in [1.54, 1.807) is 6.07 Å². The van der Waals surface area contributed by atoms with Crippen LogP contribution in [0.5, 0.6) is 0 Å². The highest BCUT2D eigenvalue weighted by Gasteiger charge is 2.27. The van der Waals surface area contributed by atoms with Crippen LogP contribution in [-0.2, 0) is 12.8 Å². The number of nitrogens with one attached hydrogen (secondary N) is 2. The number of pyridine rings is 1. The van der Waals surface area contributed by atoms with Crippen LogP contribution in [0.25, 0.3) is 16.6 Å². The number of amides is 2. The summed E-state index contributed by atoms with van der Waals surface area (Å²) in [4.78, 5) is 29.7. The second-order valence-corrected chi connectivity index (χ2v) is 7.67. The summed E-state index contributed by atoms with van der Waals surface area (Å²) in [5.74, 6) is -0.910. The fourth-order valence-corrected chi connectivity index (χ4v) is 3.95. The Morgan fingerprint density at radius 1 is 0.903 bits per heavy atom. The Morgan fingerprint density at radius 2 is 1.68 bits per heavy atom. The summed E-state index contributed by atoms with van der Waals surface area (Å²) < 4.78 is 1.84. The fourth-order valence-electron chi connectivity index (χ4n) is 3.95. The molecule has 2 aromatic carbocycles. The second-order valence-electron chi connectivity index (χ2n) is 7.67. The number of hydrazine groups is 1. The first-order valence-corrected chi connectivity index (χ1v) is 10.2. The third kappa shape index (κ3) is 3.54. The Hall–Kier alpha value is -4.00. The van der Waals surface area contributed by atoms with Crippen LogP contribution in [0.1, 0.15) is 44.2 Å². The van der Waals surface area contributed by atoms with Crippen molar-refractivity contribution < 1.29 is 9.59 Å². The highest BCUT2D eigenvalue weighted by molar-refractivity contribution is 5.99. The van der Waals surface area contributed by atoms with Crippen LogP contribution < -0.4 is 10.9 Å². The predicted molar refractivity (Wildman–Crippen MR) is 117 cm³/mol. The van der Waals surface area contributed by atoms with Crippen LogP contribution in [0.15, 0.2) is 60.7 Å². The summed E-state index contributed by atoms with van der Waals surface area (Å²) in [6.45, 7) is 2.03. The number of nitrogens with zero attached hydrogens (tertiary/aromatic N) is 3. The van der Waals surface area contributed by atoms with E-state index in [1.807, 2.05) is 66.2 Å². The smallest absolute Gasteiger partial charge is 0.266 e. The molecule has 1 aliphatic rings. The molecule has 7 heteroatoms. The molecular formula is C24H21N5O2. The van der Waals surface area contributed by atoms with Gasteiger partial charge in [-0.25, -0.2) is 9.67 Å². The molecule has 2 heterocycles. The van der Waals surface area contributed by atoms with Crippen molar-refractivity contribution >= 4 is 22.7 Å². The molecule has 0 radical (unpaired) electrons. The zero-order valence-electron chi connectivity index (χ0n) is 17.1. The lowest BCUT2D eigenvalue weighted by Gasteiger charge is -2.07. The van der Waals surface area contributed by atoms with Crippen molar-refractivity contribution in [3.63, 3.8) is 0 Å². The number of aryl methyl sites for hydroxylation is 1. The van der Waals surface area contributed by atoms with Gasteiger partial charge < -0.3 is 0 Å². The maximum Gasteiger partial charge on any atom is 0.290 e. The van der Waals surface area contributed by atoms with E-state index in [0.29, 0.717) is 5.69 Å². The average Bonchev–Trinajstić information content (AvgIpc) is 3.40. The highest BCUT2D eigenvalue weighted by atomic mass is 16.2. The summed E-state index contributed by atoms with van der Waals surface area (Å²) in [6.07, 6.45) is 2.65. The number of benzene rings is 2. The number of hydrogen-bond acceptors (Lipinski definition) is 4. The molecule has 0 saturated heterocycles. The Morgan fingerprint density at radius 3 is 2.52 bits per heavy atom. The minimum absolute atomic E-state index is 0.231. The fraction of sp³-hybridized carbons (Fsp3) is 0.167. The van der Waals surface area contributed by atoms with E-state index in [4.69, 9.17) is 0 Å². The van der Waals surface area contributed by atoms with Gasteiger partial charge in [-0.1, -0.05) is 42.0 Å². The van der Waals surface area contributed by atoms with Crippen LogP contribution in [0.3, 0.4) is 0 Å². The molecule has 0 saturated carbocycles. The van der Waals surface area contributed by atoms with E-state index in [1.165, 1.54) is 0 Å². The van der Waals surface area contributed by atoms with Gasteiger partial charge in [-0.15, -0.1) is 0 Å². The van der Waals surface area contributed by atoms with E-state index in [0.717, 1.165) is 52.7 Å². The number of aromatic nitrogens is 3. The van der Waals surface area contributed by atoms with Gasteiger partial charge in [-0.2, -0.15) is 5.10 Å². The summed E-state index contributed by atoms with van der Waals surface area (Å²) in [5, 5.41) is 5.51. The van der Waals surface area contributed by atoms with Crippen molar-refractivity contribution in [2.45, 2.75) is 26.2 Å². The number of para-hydroxylation sites is 1. The molecule has 31 heavy (non-hydrogen) atoms. The van der Waals surface area contributed by atoms with Crippen LogP contribution in [0, 0.1) is 6.92 Å². The Kier molecular flexibility index (Phi) is 4.71. The molecule has 154 valence electrons. The lowest BCUT2D eigenvalue weighted by molar-refractivity contribution is 0.0840. The molecule has 0 atom stereocenters. The quantitative estimate of drug-likeness (QED) is 0.506. The molecule has 0 aliphatic heterocycles. The molecule has 5 rings (SSSR count). The van der Waals surface area contributed by atoms with Crippen molar-refractivity contribution in [3.05, 3.63) is 88.9 Å². The topological polar surface area (TPSA) is 88.9 Å². The van der Waals surface area contributed by atoms with Gasteiger partial charge in [0.15, 0.2) is 5.69 Å². The molecule has 0 fully saturated rings. The number of hydrogen-bond donors (Lipinski definition) is 2. The first-order chi connectivity index (χ1) is 15.1. The number of fused-ring (bicyclic) bond motifs is 2. The molecule has 0 unspecified atom stereocenters. The normalized spacial score (nSPS) is 12.5. The van der Waals surface area contributed by atoms with Crippen LogP contribution in [-0.4, -0.2) is 26.6 Å². The van der Waals surface area contributed by atoms with E-state index in [-0.39, 0.29) is 5.69 Å². The zero-order chi connectivity index (χ0) is 21.4. The molecule has 2 aromatic heterocycles. The predicted octanol–water partition coefficient (Wildman–Crippen LogP) is 3.29. The van der Waals surface area contributed by atoms with Gasteiger partial charge in [-0.3, -0.25) is 20.4 Å². The molecular weight excluding hydrogens is 390 g/mol. The lowest BCUT2D eigenvalue weighted by Crippen LogP contribution is -2.42. The van der Waals surface area contributed by atoms with E-state index in [2.05, 4.69) is 20.9 Å². The standard InChI is InChI=1S/C24H21N5O2/c1-15-9-12-17(13-10-15)29-21-8-4-6-18(21)22(28-29)24(31)27-26-23(30)20-14-11-16-5-2-3-7-19(16)25-20/h2-3,5,7,9-14H,4,6,8H2,1H3,(H,26,30)(H,27,31). The van der Waals surface area contributed by atoms with Gasteiger partial charge in [0.05, 0.1) is 11.2 Å². The lowest BCUT2D eigenvalue weighted by atomic mass is 10.2. The maximum atomic E-state index is 12.8. The van der Waals surface area contributed by atoms with E-state index in [9.17, 15) is 9.59 Å². The van der Waals surface area contributed by atoms with Crippen LogP contribution in [0.4, 0.5) is 0 Å². The van der Waals surface area contributed by atoms with E-state index >= 15 is 0 Å². The number of carbonyl (C=O) groups excluding carboxylic acids is 2. The zero-order valence-corrected chi connectivity index (χ0v) is 17.1. The summed E-state index contributed by atoms with van der Waals surface area (Å²) >= 11 is 0. The third-order valence-electron chi connectivity index (χ3n) is 5.54. The van der Waals surface area contributed by atoms with Crippen molar-refractivity contribution in [2.24, 2.45) is 0 Å². The average molecular weight is 411 g/mol. The Labute approximate surface area is 179 Å². The minimum Gasteiger partial charge on any atom is -0.266 e. The van der Waals surface area contributed by atoms with Gasteiger partial charge in [-0.05, 0) is 50.5 Å². The first-order valence-electron chi connectivity index (χ1n) is 10.2. The van der Waals surface area contributed by atoms with Gasteiger partial charge in [0.1, 0.15) is 5.69 Å². The van der Waals surface area contributed by atoms with Crippen LogP contribution in [0.2, 0.25) is 0 Å². The van der Waals surface area contributed by atoms with Gasteiger partial charge in [0.2, 0.25) is 0 Å². The monoisotopic (exact) mass is 411 g/mol. The third-order valence-corrected chi connectivity index (χ3v) is 5.54. The SMILES string of the molecule is Cc1ccc(-n2nc(C(=O)NNC(=O)c3ccc4ccccc4n3)c3c2CCC3)cc1. The Bertz CT molecular complexity index is 1310. The highest BCUT2D eigenvalue weighted by Crippen LogP contribution is 2.27. The maximum absolute atomic E-state index is 12.8. The second kappa shape index (κ2) is 7.68. The van der Waals surface area contributed by atoms with Gasteiger partial charge in [0.25, 0.3) is 11.8 Å². The van der Waals surface area contributed by atoms with Crippen LogP contribution >= 0.6 is 0 Å². The molecule has 2 N–H and O–H groups in total. The van der Waals surface area contributed by atoms with Crippen molar-refractivity contribution in [3.8, 4) is 5.69 Å². The molecule has 1 aliphatic carbocycles. The largest absolute Gasteiger partial charge is 0.290 e.